The molecule has 1 atom stereocenters. The van der Waals surface area contributed by atoms with E-state index >= 15 is 0 Å². The average Bonchev–Trinajstić information content (AvgIpc) is 3.30. The molecule has 0 aromatic carbocycles. The van der Waals surface area contributed by atoms with Crippen molar-refractivity contribution >= 4 is 17.9 Å². The second kappa shape index (κ2) is 52.9. The van der Waals surface area contributed by atoms with Crippen LogP contribution in [-0.2, 0) is 28.6 Å². The van der Waals surface area contributed by atoms with Gasteiger partial charge < -0.3 is 14.2 Å². The molecule has 6 heteroatoms. The molecule has 0 aliphatic heterocycles. The number of hydrogen-bond acceptors (Lipinski definition) is 6. The molecule has 0 aromatic rings. The van der Waals surface area contributed by atoms with Crippen molar-refractivity contribution in [3.63, 3.8) is 0 Å². The zero-order valence-electron chi connectivity index (χ0n) is 42.2. The minimum atomic E-state index is -0.808. The van der Waals surface area contributed by atoms with Crippen LogP contribution in [0.5, 0.6) is 0 Å². The first-order valence-corrected chi connectivity index (χ1v) is 26.7. The number of unbranched alkanes of at least 4 members (excludes halogenated alkanes) is 20. The van der Waals surface area contributed by atoms with Gasteiger partial charge in [-0.15, -0.1) is 0 Å². The second-order valence-electron chi connectivity index (χ2n) is 17.4. The number of allylic oxidation sites excluding steroid dienone is 16. The van der Waals surface area contributed by atoms with Gasteiger partial charge >= 0.3 is 17.9 Å². The molecule has 0 fully saturated rings. The maximum Gasteiger partial charge on any atom is 0.306 e. The van der Waals surface area contributed by atoms with Crippen molar-refractivity contribution in [2.24, 2.45) is 0 Å². The zero-order valence-corrected chi connectivity index (χ0v) is 42.2. The lowest BCUT2D eigenvalue weighted by Crippen LogP contribution is -2.30. The number of hydrogen-bond donors (Lipinski definition) is 0. The Morgan fingerprint density at radius 1 is 0.323 bits per heavy atom. The third-order valence-corrected chi connectivity index (χ3v) is 11.1. The van der Waals surface area contributed by atoms with E-state index in [1.54, 1.807) is 0 Å². The molecule has 0 heterocycles. The Labute approximate surface area is 400 Å². The Balaban J connectivity index is 4.50. The van der Waals surface area contributed by atoms with Crippen LogP contribution in [0.4, 0.5) is 0 Å². The molecule has 0 spiro atoms. The van der Waals surface area contributed by atoms with Crippen molar-refractivity contribution in [3.8, 4) is 0 Å². The summed E-state index contributed by atoms with van der Waals surface area (Å²) in [6.07, 6.45) is 69.7. The number of carbonyl (C=O) groups is 3. The van der Waals surface area contributed by atoms with Gasteiger partial charge in [0.15, 0.2) is 6.10 Å². The highest BCUT2D eigenvalue weighted by Gasteiger charge is 2.19. The Morgan fingerprint density at radius 3 is 1.00 bits per heavy atom. The number of esters is 3. The third kappa shape index (κ3) is 51.2. The summed E-state index contributed by atoms with van der Waals surface area (Å²) in [7, 11) is 0. The van der Waals surface area contributed by atoms with E-state index in [0.29, 0.717) is 19.3 Å². The second-order valence-corrected chi connectivity index (χ2v) is 17.4. The van der Waals surface area contributed by atoms with Crippen LogP contribution in [0.25, 0.3) is 0 Å². The fourth-order valence-electron chi connectivity index (χ4n) is 7.14. The Bertz CT molecular complexity index is 1310. The van der Waals surface area contributed by atoms with Crippen LogP contribution in [0.2, 0.25) is 0 Å². The van der Waals surface area contributed by atoms with Gasteiger partial charge in [-0.2, -0.15) is 0 Å². The van der Waals surface area contributed by atoms with Crippen LogP contribution >= 0.6 is 0 Å². The Morgan fingerprint density at radius 2 is 0.615 bits per heavy atom. The molecular weight excluding hydrogens is 805 g/mol. The van der Waals surface area contributed by atoms with E-state index in [4.69, 9.17) is 14.2 Å². The van der Waals surface area contributed by atoms with Crippen molar-refractivity contribution < 1.29 is 28.6 Å². The maximum atomic E-state index is 12.8. The van der Waals surface area contributed by atoms with E-state index in [-0.39, 0.29) is 37.5 Å². The van der Waals surface area contributed by atoms with E-state index in [1.807, 2.05) is 0 Å². The predicted molar refractivity (Wildman–Crippen MR) is 279 cm³/mol. The van der Waals surface area contributed by atoms with Gasteiger partial charge in [0.05, 0.1) is 0 Å². The van der Waals surface area contributed by atoms with Gasteiger partial charge in [0.2, 0.25) is 0 Å². The highest BCUT2D eigenvalue weighted by molar-refractivity contribution is 5.71. The number of ether oxygens (including phenoxy) is 3. The molecule has 0 N–H and O–H groups in total. The minimum absolute atomic E-state index is 0.106. The lowest BCUT2D eigenvalue weighted by Gasteiger charge is -2.18. The van der Waals surface area contributed by atoms with Gasteiger partial charge in [0.1, 0.15) is 13.2 Å². The molecule has 0 radical (unpaired) electrons. The topological polar surface area (TPSA) is 78.9 Å². The zero-order chi connectivity index (χ0) is 47.2. The molecule has 0 rings (SSSR count). The minimum Gasteiger partial charge on any atom is -0.462 e. The normalized spacial score (nSPS) is 12.8. The van der Waals surface area contributed by atoms with E-state index < -0.39 is 6.10 Å². The van der Waals surface area contributed by atoms with Crippen LogP contribution in [-0.4, -0.2) is 37.2 Å². The molecule has 370 valence electrons. The summed E-state index contributed by atoms with van der Waals surface area (Å²) in [5, 5.41) is 0. The SMILES string of the molecule is CC/C=C\C/C=C\C/C=C\C/C=C\C/C=C\CCCC(=O)OCC(COC(=O)CCCCCC/C=C\C/C=C\C/C=C\CC)OC(=O)CCCCCCCCCCCCCCCCCC. The van der Waals surface area contributed by atoms with Crippen LogP contribution in [0.3, 0.4) is 0 Å². The van der Waals surface area contributed by atoms with E-state index in [2.05, 4.69) is 118 Å². The van der Waals surface area contributed by atoms with Gasteiger partial charge in [-0.25, -0.2) is 0 Å². The van der Waals surface area contributed by atoms with Gasteiger partial charge in [-0.1, -0.05) is 227 Å². The number of carbonyl (C=O) groups excluding carboxylic acids is 3. The van der Waals surface area contributed by atoms with Crippen LogP contribution in [0.1, 0.15) is 239 Å². The lowest BCUT2D eigenvalue weighted by atomic mass is 10.0. The van der Waals surface area contributed by atoms with Crippen LogP contribution in [0, 0.1) is 0 Å². The summed E-state index contributed by atoms with van der Waals surface area (Å²) in [4.78, 5) is 38.0. The summed E-state index contributed by atoms with van der Waals surface area (Å²) in [5.41, 5.74) is 0. The first-order valence-electron chi connectivity index (χ1n) is 26.7. The molecular formula is C59H98O6. The van der Waals surface area contributed by atoms with Gasteiger partial charge in [-0.05, 0) is 89.9 Å². The molecule has 0 aromatic heterocycles. The Hall–Kier alpha value is -3.67. The van der Waals surface area contributed by atoms with E-state index in [0.717, 1.165) is 109 Å². The van der Waals surface area contributed by atoms with E-state index in [9.17, 15) is 14.4 Å². The quantitative estimate of drug-likeness (QED) is 0.0262. The monoisotopic (exact) mass is 903 g/mol. The number of rotatable bonds is 47. The summed E-state index contributed by atoms with van der Waals surface area (Å²) in [5.74, 6) is -0.985. The molecule has 0 saturated heterocycles. The van der Waals surface area contributed by atoms with Crippen LogP contribution < -0.4 is 0 Å². The summed E-state index contributed by atoms with van der Waals surface area (Å²) in [6, 6.07) is 0. The van der Waals surface area contributed by atoms with Crippen molar-refractivity contribution in [2.75, 3.05) is 13.2 Å². The molecule has 0 aliphatic carbocycles. The van der Waals surface area contributed by atoms with Gasteiger partial charge in [-0.3, -0.25) is 14.4 Å². The third-order valence-electron chi connectivity index (χ3n) is 11.1. The highest BCUT2D eigenvalue weighted by atomic mass is 16.6. The fourth-order valence-corrected chi connectivity index (χ4v) is 7.14. The first kappa shape index (κ1) is 61.3. The van der Waals surface area contributed by atoms with Crippen molar-refractivity contribution in [1.82, 2.24) is 0 Å². The molecule has 1 unspecified atom stereocenters. The fraction of sp³-hybridized carbons (Fsp3) is 0.678. The van der Waals surface area contributed by atoms with Crippen molar-refractivity contribution in [2.45, 2.75) is 245 Å². The maximum absolute atomic E-state index is 12.8. The summed E-state index contributed by atoms with van der Waals surface area (Å²) in [6.45, 7) is 6.35. The van der Waals surface area contributed by atoms with E-state index in [1.165, 1.54) is 83.5 Å². The standard InChI is InChI=1S/C59H98O6/c1-4-7-10-13-16-19-22-25-28-30-32-34-37-40-43-46-49-52-58(61)64-55-56(54-63-57(60)51-48-45-42-39-36-33-27-24-21-18-15-12-9-6-3)65-59(62)53-50-47-44-41-38-35-31-29-26-23-20-17-14-11-8-5-2/h7,9-10,12,16,18-19,21,25,27-28,32-34,40,43,56H,4-6,8,11,13-15,17,20,22-24,26,29-31,35-39,41-42,44-55H2,1-3H3/b10-7-,12-9-,19-16-,21-18-,28-25-,33-27-,34-32-,43-40-. The van der Waals surface area contributed by atoms with Gasteiger partial charge in [0.25, 0.3) is 0 Å². The predicted octanol–water partition coefficient (Wildman–Crippen LogP) is 17.8. The van der Waals surface area contributed by atoms with Crippen molar-refractivity contribution in [3.05, 3.63) is 97.2 Å². The molecule has 0 amide bonds. The summed E-state index contributed by atoms with van der Waals surface area (Å²) < 4.78 is 16.8. The highest BCUT2D eigenvalue weighted by Crippen LogP contribution is 2.15. The molecule has 6 nitrogen and oxygen atoms in total. The molecule has 65 heavy (non-hydrogen) atoms. The first-order chi connectivity index (χ1) is 32.0. The lowest BCUT2D eigenvalue weighted by molar-refractivity contribution is -0.167. The molecule has 0 bridgehead atoms. The van der Waals surface area contributed by atoms with Gasteiger partial charge in [0, 0.05) is 19.3 Å². The molecule has 0 saturated carbocycles. The average molecular weight is 903 g/mol. The van der Waals surface area contributed by atoms with Crippen molar-refractivity contribution in [1.29, 1.82) is 0 Å². The smallest absolute Gasteiger partial charge is 0.306 e. The largest absolute Gasteiger partial charge is 0.462 e. The Kier molecular flexibility index (Phi) is 50.0. The van der Waals surface area contributed by atoms with Crippen LogP contribution in [0.15, 0.2) is 97.2 Å². The molecule has 0 aliphatic rings. The summed E-state index contributed by atoms with van der Waals surface area (Å²) >= 11 is 0.